The molecule has 10 heteroatoms. The van der Waals surface area contributed by atoms with E-state index in [2.05, 4.69) is 25.6 Å². The summed E-state index contributed by atoms with van der Waals surface area (Å²) in [5.41, 5.74) is 0.0425. The SMILES string of the molecule is O=C(Cc1csc(Nc2ncccn2)n1)Nc1ccc(C(F)(F)F)cc1. The largest absolute Gasteiger partial charge is 0.416 e. The van der Waals surface area contributed by atoms with Gasteiger partial charge in [-0.25, -0.2) is 15.0 Å². The van der Waals surface area contributed by atoms with E-state index in [-0.39, 0.29) is 18.0 Å². The van der Waals surface area contributed by atoms with Gasteiger partial charge in [-0.2, -0.15) is 13.2 Å². The number of amides is 1. The van der Waals surface area contributed by atoms with Gasteiger partial charge in [0, 0.05) is 23.5 Å². The summed E-state index contributed by atoms with van der Waals surface area (Å²) in [6.07, 6.45) is -1.24. The molecule has 0 spiro atoms. The number of aromatic nitrogens is 3. The Morgan fingerprint density at radius 2 is 1.81 bits per heavy atom. The summed E-state index contributed by atoms with van der Waals surface area (Å²) in [5.74, 6) is 0.0141. The molecule has 3 aromatic rings. The van der Waals surface area contributed by atoms with Crippen LogP contribution in [-0.2, 0) is 17.4 Å². The number of carbonyl (C=O) groups excluding carboxylic acids is 1. The van der Waals surface area contributed by atoms with Crippen LogP contribution in [0.2, 0.25) is 0 Å². The molecule has 0 atom stereocenters. The van der Waals surface area contributed by atoms with E-state index in [0.29, 0.717) is 16.8 Å². The van der Waals surface area contributed by atoms with E-state index in [4.69, 9.17) is 0 Å². The number of halogens is 3. The molecule has 0 saturated heterocycles. The van der Waals surface area contributed by atoms with Crippen LogP contribution in [0.25, 0.3) is 0 Å². The van der Waals surface area contributed by atoms with Crippen molar-refractivity contribution >= 4 is 34.0 Å². The van der Waals surface area contributed by atoms with E-state index < -0.39 is 11.7 Å². The van der Waals surface area contributed by atoms with Crippen molar-refractivity contribution in [3.05, 3.63) is 59.4 Å². The molecule has 6 nitrogen and oxygen atoms in total. The average Bonchev–Trinajstić information content (AvgIpc) is 3.02. The lowest BCUT2D eigenvalue weighted by atomic mass is 10.2. The Bertz CT molecular complexity index is 881. The van der Waals surface area contributed by atoms with Crippen LogP contribution in [0.15, 0.2) is 48.1 Å². The van der Waals surface area contributed by atoms with Crippen LogP contribution in [0, 0.1) is 0 Å². The molecule has 2 heterocycles. The van der Waals surface area contributed by atoms with Gasteiger partial charge in [-0.15, -0.1) is 11.3 Å². The molecule has 2 N–H and O–H groups in total. The normalized spacial score (nSPS) is 11.2. The monoisotopic (exact) mass is 379 g/mol. The second kappa shape index (κ2) is 7.48. The quantitative estimate of drug-likeness (QED) is 0.703. The molecule has 1 aromatic carbocycles. The highest BCUT2D eigenvalue weighted by atomic mass is 32.1. The summed E-state index contributed by atoms with van der Waals surface area (Å²) in [5, 5.41) is 7.70. The second-order valence-corrected chi connectivity index (χ2v) is 6.00. The Hall–Kier alpha value is -3.01. The van der Waals surface area contributed by atoms with Gasteiger partial charge in [0.15, 0.2) is 5.13 Å². The molecule has 2 aromatic heterocycles. The highest BCUT2D eigenvalue weighted by molar-refractivity contribution is 7.13. The molecular weight excluding hydrogens is 367 g/mol. The standard InChI is InChI=1S/C16H12F3N5OS/c17-16(18,19)10-2-4-11(5-3-10)22-13(25)8-12-9-26-15(23-12)24-14-20-6-1-7-21-14/h1-7,9H,8H2,(H,22,25)(H,20,21,23,24). The van der Waals surface area contributed by atoms with Crippen molar-refractivity contribution < 1.29 is 18.0 Å². The van der Waals surface area contributed by atoms with Gasteiger partial charge in [0.05, 0.1) is 17.7 Å². The number of hydrogen-bond acceptors (Lipinski definition) is 6. The third kappa shape index (κ3) is 4.76. The molecule has 0 radical (unpaired) electrons. The first-order chi connectivity index (χ1) is 12.4. The summed E-state index contributed by atoms with van der Waals surface area (Å²) in [6, 6.07) is 5.94. The number of rotatable bonds is 5. The van der Waals surface area contributed by atoms with Gasteiger partial charge in [-0.05, 0) is 30.3 Å². The zero-order chi connectivity index (χ0) is 18.6. The minimum Gasteiger partial charge on any atom is -0.326 e. The Labute approximate surface area is 150 Å². The van der Waals surface area contributed by atoms with Crippen molar-refractivity contribution in [3.8, 4) is 0 Å². The molecule has 1 amide bonds. The number of carbonyl (C=O) groups is 1. The van der Waals surface area contributed by atoms with Gasteiger partial charge >= 0.3 is 6.18 Å². The van der Waals surface area contributed by atoms with Crippen LogP contribution >= 0.6 is 11.3 Å². The first kappa shape index (κ1) is 17.8. The molecule has 0 aliphatic carbocycles. The summed E-state index contributed by atoms with van der Waals surface area (Å²) >= 11 is 1.29. The Morgan fingerprint density at radius 3 is 2.46 bits per heavy atom. The summed E-state index contributed by atoms with van der Waals surface area (Å²) in [7, 11) is 0. The maximum absolute atomic E-state index is 12.5. The minimum atomic E-state index is -4.41. The zero-order valence-electron chi connectivity index (χ0n) is 13.1. The Morgan fingerprint density at radius 1 is 1.12 bits per heavy atom. The van der Waals surface area contributed by atoms with Gasteiger partial charge in [-0.1, -0.05) is 0 Å². The highest BCUT2D eigenvalue weighted by Gasteiger charge is 2.29. The van der Waals surface area contributed by atoms with Gasteiger partial charge in [-0.3, -0.25) is 4.79 Å². The predicted octanol–water partition coefficient (Wildman–Crippen LogP) is 3.88. The van der Waals surface area contributed by atoms with E-state index in [1.165, 1.54) is 23.5 Å². The van der Waals surface area contributed by atoms with Crippen molar-refractivity contribution in [2.45, 2.75) is 12.6 Å². The molecule has 0 saturated carbocycles. The lowest BCUT2D eigenvalue weighted by Crippen LogP contribution is -2.15. The van der Waals surface area contributed by atoms with Crippen molar-refractivity contribution in [1.29, 1.82) is 0 Å². The van der Waals surface area contributed by atoms with E-state index in [1.807, 2.05) is 0 Å². The molecule has 0 aliphatic rings. The Kier molecular flexibility index (Phi) is 5.12. The van der Waals surface area contributed by atoms with Gasteiger partial charge in [0.25, 0.3) is 0 Å². The van der Waals surface area contributed by atoms with Crippen LogP contribution in [0.1, 0.15) is 11.3 Å². The first-order valence-electron chi connectivity index (χ1n) is 7.36. The number of nitrogens with one attached hydrogen (secondary N) is 2. The molecule has 0 unspecified atom stereocenters. The lowest BCUT2D eigenvalue weighted by molar-refractivity contribution is -0.137. The van der Waals surface area contributed by atoms with Crippen LogP contribution in [0.3, 0.4) is 0 Å². The van der Waals surface area contributed by atoms with E-state index in [0.717, 1.165) is 12.1 Å². The van der Waals surface area contributed by atoms with Gasteiger partial charge < -0.3 is 10.6 Å². The van der Waals surface area contributed by atoms with Crippen molar-refractivity contribution in [3.63, 3.8) is 0 Å². The third-order valence-corrected chi connectivity index (χ3v) is 3.98. The topological polar surface area (TPSA) is 79.8 Å². The molecule has 26 heavy (non-hydrogen) atoms. The molecule has 0 aliphatic heterocycles. The fourth-order valence-corrected chi connectivity index (χ4v) is 2.72. The minimum absolute atomic E-state index is 0.00511. The number of alkyl halides is 3. The zero-order valence-corrected chi connectivity index (χ0v) is 13.9. The summed E-state index contributed by atoms with van der Waals surface area (Å²) in [4.78, 5) is 24.3. The predicted molar refractivity (Wildman–Crippen MR) is 91.2 cm³/mol. The summed E-state index contributed by atoms with van der Waals surface area (Å²) in [6.45, 7) is 0. The van der Waals surface area contributed by atoms with E-state index >= 15 is 0 Å². The van der Waals surface area contributed by atoms with E-state index in [9.17, 15) is 18.0 Å². The fourth-order valence-electron chi connectivity index (χ4n) is 2.02. The maximum atomic E-state index is 12.5. The van der Waals surface area contributed by atoms with Gasteiger partial charge in [0.2, 0.25) is 11.9 Å². The highest BCUT2D eigenvalue weighted by Crippen LogP contribution is 2.29. The second-order valence-electron chi connectivity index (χ2n) is 5.14. The number of thiazole rings is 1. The molecule has 134 valence electrons. The molecular formula is C16H12F3N5OS. The van der Waals surface area contributed by atoms with Crippen LogP contribution in [0.5, 0.6) is 0 Å². The first-order valence-corrected chi connectivity index (χ1v) is 8.24. The average molecular weight is 379 g/mol. The van der Waals surface area contributed by atoms with Crippen LogP contribution < -0.4 is 10.6 Å². The van der Waals surface area contributed by atoms with Crippen molar-refractivity contribution in [2.24, 2.45) is 0 Å². The Balaban J connectivity index is 1.57. The third-order valence-electron chi connectivity index (χ3n) is 3.17. The molecule has 0 fully saturated rings. The number of nitrogens with zero attached hydrogens (tertiary/aromatic N) is 3. The molecule has 3 rings (SSSR count). The smallest absolute Gasteiger partial charge is 0.326 e. The number of hydrogen-bond donors (Lipinski definition) is 2. The van der Waals surface area contributed by atoms with Crippen molar-refractivity contribution in [1.82, 2.24) is 15.0 Å². The van der Waals surface area contributed by atoms with Crippen LogP contribution in [0.4, 0.5) is 29.9 Å². The van der Waals surface area contributed by atoms with Gasteiger partial charge in [0.1, 0.15) is 0 Å². The van der Waals surface area contributed by atoms with Crippen LogP contribution in [-0.4, -0.2) is 20.9 Å². The van der Waals surface area contributed by atoms with Crippen molar-refractivity contribution in [2.75, 3.05) is 10.6 Å². The molecule has 0 bridgehead atoms. The lowest BCUT2D eigenvalue weighted by Gasteiger charge is -2.08. The maximum Gasteiger partial charge on any atom is 0.416 e. The number of anilines is 3. The number of benzene rings is 1. The fraction of sp³-hybridized carbons (Fsp3) is 0.125. The van der Waals surface area contributed by atoms with E-state index in [1.54, 1.807) is 23.8 Å². The summed E-state index contributed by atoms with van der Waals surface area (Å²) < 4.78 is 37.6.